The lowest BCUT2D eigenvalue weighted by Gasteiger charge is -2.30. The van der Waals surface area contributed by atoms with E-state index in [0.717, 1.165) is 44.5 Å². The molecule has 0 aromatic heterocycles. The maximum atomic E-state index is 12.8. The van der Waals surface area contributed by atoms with Crippen molar-refractivity contribution in [2.75, 3.05) is 24.6 Å². The Bertz CT molecular complexity index is 508. The van der Waals surface area contributed by atoms with Gasteiger partial charge in [0.05, 0.1) is 23.4 Å². The lowest BCUT2D eigenvalue weighted by atomic mass is 10.0. The number of alkyl halides is 3. The van der Waals surface area contributed by atoms with E-state index in [1.165, 1.54) is 6.07 Å². The van der Waals surface area contributed by atoms with E-state index in [4.69, 9.17) is 4.74 Å². The Labute approximate surface area is 121 Å². The minimum Gasteiger partial charge on any atom is -0.462 e. The van der Waals surface area contributed by atoms with Gasteiger partial charge in [-0.25, -0.2) is 4.79 Å². The summed E-state index contributed by atoms with van der Waals surface area (Å²) >= 11 is 0. The van der Waals surface area contributed by atoms with Gasteiger partial charge in [-0.2, -0.15) is 13.2 Å². The topological polar surface area (TPSA) is 29.5 Å². The first-order valence-electron chi connectivity index (χ1n) is 7.07. The van der Waals surface area contributed by atoms with Gasteiger partial charge in [-0.15, -0.1) is 0 Å². The van der Waals surface area contributed by atoms with Crippen LogP contribution in [0.2, 0.25) is 0 Å². The first-order chi connectivity index (χ1) is 9.93. The smallest absolute Gasteiger partial charge is 0.416 e. The lowest BCUT2D eigenvalue weighted by Crippen LogP contribution is -2.31. The van der Waals surface area contributed by atoms with Gasteiger partial charge in [0.2, 0.25) is 0 Å². The summed E-state index contributed by atoms with van der Waals surface area (Å²) < 4.78 is 43.4. The average molecular weight is 301 g/mol. The highest BCUT2D eigenvalue weighted by atomic mass is 19.4. The van der Waals surface area contributed by atoms with Gasteiger partial charge in [0.25, 0.3) is 0 Å². The van der Waals surface area contributed by atoms with Crippen LogP contribution in [0, 0.1) is 0 Å². The average Bonchev–Trinajstić information content (AvgIpc) is 2.47. The number of hydrogen-bond acceptors (Lipinski definition) is 3. The van der Waals surface area contributed by atoms with Crippen LogP contribution < -0.4 is 4.90 Å². The summed E-state index contributed by atoms with van der Waals surface area (Å²) in [7, 11) is 0. The second-order valence-electron chi connectivity index (χ2n) is 5.00. The number of halogens is 3. The van der Waals surface area contributed by atoms with Crippen molar-refractivity contribution in [1.29, 1.82) is 0 Å². The van der Waals surface area contributed by atoms with Crippen molar-refractivity contribution in [2.45, 2.75) is 32.4 Å². The largest absolute Gasteiger partial charge is 0.462 e. The molecule has 6 heteroatoms. The van der Waals surface area contributed by atoms with Crippen LogP contribution in [-0.4, -0.2) is 25.7 Å². The van der Waals surface area contributed by atoms with E-state index in [1.807, 2.05) is 4.90 Å². The zero-order chi connectivity index (χ0) is 15.5. The van der Waals surface area contributed by atoms with E-state index in [0.29, 0.717) is 5.69 Å². The molecule has 1 aliphatic heterocycles. The Morgan fingerprint density at radius 1 is 1.24 bits per heavy atom. The van der Waals surface area contributed by atoms with Crippen molar-refractivity contribution in [2.24, 2.45) is 0 Å². The van der Waals surface area contributed by atoms with Gasteiger partial charge in [-0.1, -0.05) is 0 Å². The minimum absolute atomic E-state index is 0.00595. The van der Waals surface area contributed by atoms with Crippen LogP contribution in [0.5, 0.6) is 0 Å². The number of hydrogen-bond donors (Lipinski definition) is 0. The number of benzene rings is 1. The second kappa shape index (κ2) is 6.37. The maximum Gasteiger partial charge on any atom is 0.416 e. The van der Waals surface area contributed by atoms with Gasteiger partial charge >= 0.3 is 12.1 Å². The van der Waals surface area contributed by atoms with Crippen molar-refractivity contribution in [3.05, 3.63) is 29.3 Å². The molecule has 0 atom stereocenters. The van der Waals surface area contributed by atoms with Crippen LogP contribution in [-0.2, 0) is 10.9 Å². The molecule has 116 valence electrons. The van der Waals surface area contributed by atoms with Crippen LogP contribution >= 0.6 is 0 Å². The summed E-state index contributed by atoms with van der Waals surface area (Å²) in [5, 5.41) is 0. The molecule has 0 bridgehead atoms. The van der Waals surface area contributed by atoms with Crippen LogP contribution in [0.1, 0.15) is 42.1 Å². The van der Waals surface area contributed by atoms with E-state index >= 15 is 0 Å². The summed E-state index contributed by atoms with van der Waals surface area (Å²) in [5.74, 6) is -0.704. The molecule has 0 saturated carbocycles. The van der Waals surface area contributed by atoms with Gasteiger partial charge in [-0.3, -0.25) is 0 Å². The number of rotatable bonds is 3. The van der Waals surface area contributed by atoms with E-state index in [9.17, 15) is 18.0 Å². The van der Waals surface area contributed by atoms with Crippen molar-refractivity contribution < 1.29 is 22.7 Å². The van der Waals surface area contributed by atoms with E-state index < -0.39 is 17.7 Å². The molecular formula is C15H18F3NO2. The monoisotopic (exact) mass is 301 g/mol. The van der Waals surface area contributed by atoms with Crippen molar-refractivity contribution >= 4 is 11.7 Å². The molecule has 0 spiro atoms. The summed E-state index contributed by atoms with van der Waals surface area (Å²) in [5.41, 5.74) is -0.305. The Morgan fingerprint density at radius 2 is 1.90 bits per heavy atom. The zero-order valence-electron chi connectivity index (χ0n) is 11.9. The molecule has 21 heavy (non-hydrogen) atoms. The molecule has 0 amide bonds. The molecule has 1 aromatic carbocycles. The highest BCUT2D eigenvalue weighted by molar-refractivity contribution is 5.96. The highest BCUT2D eigenvalue weighted by Gasteiger charge is 2.32. The molecule has 0 radical (unpaired) electrons. The molecule has 1 fully saturated rings. The molecule has 1 aliphatic rings. The van der Waals surface area contributed by atoms with Gasteiger partial charge in [0, 0.05) is 13.1 Å². The van der Waals surface area contributed by atoms with Gasteiger partial charge < -0.3 is 9.64 Å². The number of carbonyl (C=O) groups is 1. The molecule has 0 aliphatic carbocycles. The first-order valence-corrected chi connectivity index (χ1v) is 7.07. The van der Waals surface area contributed by atoms with Crippen LogP contribution in [0.25, 0.3) is 0 Å². The second-order valence-corrected chi connectivity index (χ2v) is 5.00. The van der Waals surface area contributed by atoms with E-state index in [1.54, 1.807) is 6.92 Å². The standard InChI is InChI=1S/C15H18F3NO2/c1-2-21-14(20)12-10-11(15(16,17)18)6-7-13(12)19-8-4-3-5-9-19/h6-7,10H,2-5,8-9H2,1H3. The summed E-state index contributed by atoms with van der Waals surface area (Å²) in [6, 6.07) is 3.29. The Morgan fingerprint density at radius 3 is 2.48 bits per heavy atom. The summed E-state index contributed by atoms with van der Waals surface area (Å²) in [6.07, 6.45) is -1.42. The number of nitrogens with zero attached hydrogens (tertiary/aromatic N) is 1. The highest BCUT2D eigenvalue weighted by Crippen LogP contribution is 2.34. The fraction of sp³-hybridized carbons (Fsp3) is 0.533. The molecule has 2 rings (SSSR count). The molecule has 1 aromatic rings. The van der Waals surface area contributed by atoms with Crippen molar-refractivity contribution in [3.8, 4) is 0 Å². The van der Waals surface area contributed by atoms with E-state index in [2.05, 4.69) is 0 Å². The normalized spacial score (nSPS) is 15.9. The molecule has 0 unspecified atom stereocenters. The zero-order valence-corrected chi connectivity index (χ0v) is 11.9. The Hall–Kier alpha value is -1.72. The third kappa shape index (κ3) is 3.68. The molecule has 1 heterocycles. The van der Waals surface area contributed by atoms with Crippen molar-refractivity contribution in [1.82, 2.24) is 0 Å². The lowest BCUT2D eigenvalue weighted by molar-refractivity contribution is -0.137. The van der Waals surface area contributed by atoms with Crippen LogP contribution in [0.4, 0.5) is 18.9 Å². The maximum absolute atomic E-state index is 12.8. The number of anilines is 1. The predicted octanol–water partition coefficient (Wildman–Crippen LogP) is 3.87. The first kappa shape index (κ1) is 15.7. The summed E-state index contributed by atoms with van der Waals surface area (Å²) in [6.45, 7) is 3.26. The van der Waals surface area contributed by atoms with Gasteiger partial charge in [0.1, 0.15) is 0 Å². The molecule has 1 saturated heterocycles. The SMILES string of the molecule is CCOC(=O)c1cc(C(F)(F)F)ccc1N1CCCCC1. The summed E-state index contributed by atoms with van der Waals surface area (Å²) in [4.78, 5) is 13.9. The Balaban J connectivity index is 2.40. The Kier molecular flexibility index (Phi) is 4.75. The third-order valence-electron chi connectivity index (χ3n) is 3.52. The fourth-order valence-corrected chi connectivity index (χ4v) is 2.50. The quantitative estimate of drug-likeness (QED) is 0.794. The van der Waals surface area contributed by atoms with Gasteiger partial charge in [0.15, 0.2) is 0 Å². The van der Waals surface area contributed by atoms with Gasteiger partial charge in [-0.05, 0) is 44.4 Å². The molecular weight excluding hydrogens is 283 g/mol. The minimum atomic E-state index is -4.47. The predicted molar refractivity (Wildman–Crippen MR) is 73.5 cm³/mol. The third-order valence-corrected chi connectivity index (χ3v) is 3.52. The van der Waals surface area contributed by atoms with Crippen LogP contribution in [0.3, 0.4) is 0 Å². The number of piperidine rings is 1. The van der Waals surface area contributed by atoms with Crippen molar-refractivity contribution in [3.63, 3.8) is 0 Å². The molecule has 3 nitrogen and oxygen atoms in total. The molecule has 0 N–H and O–H groups in total. The number of esters is 1. The fourth-order valence-electron chi connectivity index (χ4n) is 2.50. The van der Waals surface area contributed by atoms with Crippen LogP contribution in [0.15, 0.2) is 18.2 Å². The number of carbonyl (C=O) groups excluding carboxylic acids is 1. The number of ether oxygens (including phenoxy) is 1. The van der Waals surface area contributed by atoms with E-state index in [-0.39, 0.29) is 12.2 Å².